The number of nitrogens with zero attached hydrogens (tertiary/aromatic N) is 2. The smallest absolute Gasteiger partial charge is 0.337 e. The van der Waals surface area contributed by atoms with Crippen molar-refractivity contribution in [1.82, 2.24) is 9.80 Å². The minimum absolute atomic E-state index is 0.167. The minimum atomic E-state index is -0.432. The third kappa shape index (κ3) is 3.06. The van der Waals surface area contributed by atoms with E-state index in [0.29, 0.717) is 5.56 Å². The maximum Gasteiger partial charge on any atom is 0.337 e. The van der Waals surface area contributed by atoms with Gasteiger partial charge in [0.25, 0.3) is 5.91 Å². The van der Waals surface area contributed by atoms with Gasteiger partial charge in [0.2, 0.25) is 0 Å². The number of ether oxygens (including phenoxy) is 1. The van der Waals surface area contributed by atoms with Crippen molar-refractivity contribution in [2.45, 2.75) is 38.3 Å². The zero-order chi connectivity index (χ0) is 16.4. The first-order chi connectivity index (χ1) is 11.1. The van der Waals surface area contributed by atoms with E-state index in [1.165, 1.54) is 12.0 Å². The first-order valence-corrected chi connectivity index (χ1v) is 7.88. The van der Waals surface area contributed by atoms with Crippen LogP contribution in [0.4, 0.5) is 4.79 Å². The number of urea groups is 1. The molecular formula is C17H20N2O4. The van der Waals surface area contributed by atoms with Crippen LogP contribution < -0.4 is 0 Å². The second-order valence-corrected chi connectivity index (χ2v) is 6.02. The van der Waals surface area contributed by atoms with E-state index in [1.807, 2.05) is 0 Å². The topological polar surface area (TPSA) is 66.9 Å². The Morgan fingerprint density at radius 2 is 2.00 bits per heavy atom. The van der Waals surface area contributed by atoms with E-state index in [0.717, 1.165) is 31.2 Å². The molecule has 3 amide bonds. The molecule has 1 aromatic carbocycles. The Hall–Kier alpha value is -2.37. The summed E-state index contributed by atoms with van der Waals surface area (Å²) in [4.78, 5) is 39.3. The molecule has 1 saturated carbocycles. The fourth-order valence-corrected chi connectivity index (χ4v) is 3.31. The van der Waals surface area contributed by atoms with Crippen LogP contribution in [0.5, 0.6) is 0 Å². The third-order valence-corrected chi connectivity index (χ3v) is 4.54. The summed E-state index contributed by atoms with van der Waals surface area (Å²) in [6.07, 6.45) is 4.18. The number of amides is 3. The molecule has 122 valence electrons. The van der Waals surface area contributed by atoms with Gasteiger partial charge >= 0.3 is 12.0 Å². The standard InChI is InChI=1S/C17H20N2O4/c1-23-16(21)13-6-4-5-12(9-13)10-19-15(20)11-18(17(19)22)14-7-2-3-8-14/h4-6,9,14H,2-3,7-8,10-11H2,1H3. The van der Waals surface area contributed by atoms with Gasteiger partial charge in [-0.2, -0.15) is 0 Å². The van der Waals surface area contributed by atoms with Crippen LogP contribution in [0.2, 0.25) is 0 Å². The van der Waals surface area contributed by atoms with Crippen molar-refractivity contribution < 1.29 is 19.1 Å². The van der Waals surface area contributed by atoms with Gasteiger partial charge in [-0.25, -0.2) is 9.59 Å². The van der Waals surface area contributed by atoms with Crippen LogP contribution in [-0.2, 0) is 16.1 Å². The lowest BCUT2D eigenvalue weighted by Crippen LogP contribution is -2.37. The van der Waals surface area contributed by atoms with Gasteiger partial charge in [-0.05, 0) is 30.5 Å². The van der Waals surface area contributed by atoms with Crippen molar-refractivity contribution in [3.8, 4) is 0 Å². The lowest BCUT2D eigenvalue weighted by atomic mass is 10.1. The fourth-order valence-electron chi connectivity index (χ4n) is 3.31. The second kappa shape index (κ2) is 6.40. The first kappa shape index (κ1) is 15.5. The molecule has 0 aromatic heterocycles. The van der Waals surface area contributed by atoms with E-state index < -0.39 is 5.97 Å². The van der Waals surface area contributed by atoms with Crippen LogP contribution in [0.3, 0.4) is 0 Å². The highest BCUT2D eigenvalue weighted by Gasteiger charge is 2.40. The molecule has 6 heteroatoms. The van der Waals surface area contributed by atoms with Crippen molar-refractivity contribution in [2.24, 2.45) is 0 Å². The van der Waals surface area contributed by atoms with Crippen molar-refractivity contribution >= 4 is 17.9 Å². The molecule has 0 bridgehead atoms. The highest BCUT2D eigenvalue weighted by molar-refractivity contribution is 6.02. The Morgan fingerprint density at radius 1 is 1.26 bits per heavy atom. The summed E-state index contributed by atoms with van der Waals surface area (Å²) in [7, 11) is 1.32. The van der Waals surface area contributed by atoms with Crippen molar-refractivity contribution in [3.05, 3.63) is 35.4 Å². The molecule has 2 aliphatic rings. The maximum absolute atomic E-state index is 12.5. The van der Waals surface area contributed by atoms with Gasteiger partial charge in [0.05, 0.1) is 19.2 Å². The highest BCUT2D eigenvalue weighted by atomic mass is 16.5. The van der Waals surface area contributed by atoms with Crippen LogP contribution in [0.15, 0.2) is 24.3 Å². The van der Waals surface area contributed by atoms with Crippen LogP contribution in [-0.4, -0.2) is 47.4 Å². The second-order valence-electron chi connectivity index (χ2n) is 6.02. The molecule has 0 atom stereocenters. The summed E-state index contributed by atoms with van der Waals surface area (Å²) in [6.45, 7) is 0.353. The van der Waals surface area contributed by atoms with Crippen LogP contribution in [0, 0.1) is 0 Å². The van der Waals surface area contributed by atoms with Crippen molar-refractivity contribution in [3.63, 3.8) is 0 Å². The van der Waals surface area contributed by atoms with E-state index in [2.05, 4.69) is 0 Å². The van der Waals surface area contributed by atoms with Gasteiger partial charge in [-0.3, -0.25) is 9.69 Å². The molecule has 0 unspecified atom stereocenters. The van der Waals surface area contributed by atoms with Crippen LogP contribution >= 0.6 is 0 Å². The normalized spacial score (nSPS) is 18.8. The molecule has 23 heavy (non-hydrogen) atoms. The Kier molecular flexibility index (Phi) is 4.32. The Morgan fingerprint density at radius 3 is 2.70 bits per heavy atom. The number of carbonyl (C=O) groups is 3. The first-order valence-electron chi connectivity index (χ1n) is 7.88. The number of esters is 1. The number of hydrogen-bond donors (Lipinski definition) is 0. The molecule has 1 heterocycles. The fraction of sp³-hybridized carbons (Fsp3) is 0.471. The number of benzene rings is 1. The van der Waals surface area contributed by atoms with Gasteiger partial charge in [0, 0.05) is 6.04 Å². The average molecular weight is 316 g/mol. The van der Waals surface area contributed by atoms with E-state index >= 15 is 0 Å². The monoisotopic (exact) mass is 316 g/mol. The van der Waals surface area contributed by atoms with Crippen LogP contribution in [0.1, 0.15) is 41.6 Å². The van der Waals surface area contributed by atoms with E-state index in [9.17, 15) is 14.4 Å². The molecule has 1 aromatic rings. The summed E-state index contributed by atoms with van der Waals surface area (Å²) >= 11 is 0. The number of carbonyl (C=O) groups excluding carboxylic acids is 3. The maximum atomic E-state index is 12.5. The average Bonchev–Trinajstić information content (AvgIpc) is 3.18. The van der Waals surface area contributed by atoms with Crippen LogP contribution in [0.25, 0.3) is 0 Å². The molecule has 1 aliphatic carbocycles. The molecule has 0 N–H and O–H groups in total. The SMILES string of the molecule is COC(=O)c1cccc(CN2C(=O)CN(C3CCCC3)C2=O)c1. The van der Waals surface area contributed by atoms with E-state index in [-0.39, 0.29) is 31.1 Å². The number of hydrogen-bond acceptors (Lipinski definition) is 4. The van der Waals surface area contributed by atoms with Gasteiger partial charge in [0.15, 0.2) is 0 Å². The lowest BCUT2D eigenvalue weighted by Gasteiger charge is -2.23. The van der Waals surface area contributed by atoms with E-state index in [4.69, 9.17) is 4.74 Å². The Labute approximate surface area is 135 Å². The van der Waals surface area contributed by atoms with Crippen molar-refractivity contribution in [1.29, 1.82) is 0 Å². The van der Waals surface area contributed by atoms with E-state index in [1.54, 1.807) is 29.2 Å². The largest absolute Gasteiger partial charge is 0.465 e. The quantitative estimate of drug-likeness (QED) is 0.631. The summed E-state index contributed by atoms with van der Waals surface area (Å²) < 4.78 is 4.69. The summed E-state index contributed by atoms with van der Waals surface area (Å²) in [5, 5.41) is 0. The molecule has 0 radical (unpaired) electrons. The highest BCUT2D eigenvalue weighted by Crippen LogP contribution is 2.27. The predicted molar refractivity (Wildman–Crippen MR) is 82.7 cm³/mol. The summed E-state index contributed by atoms with van der Waals surface area (Å²) in [5.41, 5.74) is 1.15. The molecule has 0 spiro atoms. The number of rotatable bonds is 4. The molecular weight excluding hydrogens is 296 g/mol. The summed E-state index contributed by atoms with van der Waals surface area (Å²) in [6, 6.07) is 6.80. The zero-order valence-corrected chi connectivity index (χ0v) is 13.2. The van der Waals surface area contributed by atoms with Crippen molar-refractivity contribution in [2.75, 3.05) is 13.7 Å². The molecule has 6 nitrogen and oxygen atoms in total. The molecule has 3 rings (SSSR count). The van der Waals surface area contributed by atoms with Gasteiger partial charge in [0.1, 0.15) is 6.54 Å². The predicted octanol–water partition coefficient (Wildman–Crippen LogP) is 2.18. The van der Waals surface area contributed by atoms with Gasteiger partial charge < -0.3 is 9.64 Å². The molecule has 1 aliphatic heterocycles. The third-order valence-electron chi connectivity index (χ3n) is 4.54. The van der Waals surface area contributed by atoms with Gasteiger partial charge in [-0.15, -0.1) is 0 Å². The molecule has 2 fully saturated rings. The Balaban J connectivity index is 1.73. The summed E-state index contributed by atoms with van der Waals surface area (Å²) in [5.74, 6) is -0.608. The number of methoxy groups -OCH3 is 1. The minimum Gasteiger partial charge on any atom is -0.465 e. The zero-order valence-electron chi connectivity index (χ0n) is 13.2. The van der Waals surface area contributed by atoms with Gasteiger partial charge in [-0.1, -0.05) is 25.0 Å². The Bertz CT molecular complexity index is 637. The lowest BCUT2D eigenvalue weighted by molar-refractivity contribution is -0.125. The number of imide groups is 1. The molecule has 1 saturated heterocycles.